The zero-order chi connectivity index (χ0) is 17.3. The van der Waals surface area contributed by atoms with Gasteiger partial charge in [0.2, 0.25) is 0 Å². The minimum Gasteiger partial charge on any atom is -0.277 e. The largest absolute Gasteiger partial charge is 0.295 e. The SMILES string of the molecule is CONC(=O)c1nn(Cc2ccccc2Cl)c2c(C)cc(C)cc12. The van der Waals surface area contributed by atoms with E-state index in [4.69, 9.17) is 16.4 Å². The van der Waals surface area contributed by atoms with Crippen molar-refractivity contribution in [3.05, 3.63) is 63.8 Å². The summed E-state index contributed by atoms with van der Waals surface area (Å²) in [4.78, 5) is 17.0. The normalized spacial score (nSPS) is 11.0. The molecule has 0 aliphatic heterocycles. The lowest BCUT2D eigenvalue weighted by atomic mass is 10.1. The van der Waals surface area contributed by atoms with Gasteiger partial charge in [0, 0.05) is 10.4 Å². The van der Waals surface area contributed by atoms with Crippen LogP contribution in [0.25, 0.3) is 10.9 Å². The third kappa shape index (κ3) is 3.00. The molecule has 0 saturated carbocycles. The molecule has 1 amide bonds. The van der Waals surface area contributed by atoms with Crippen LogP contribution >= 0.6 is 11.6 Å². The Labute approximate surface area is 145 Å². The van der Waals surface area contributed by atoms with Crippen LogP contribution in [-0.4, -0.2) is 22.8 Å². The smallest absolute Gasteiger partial charge is 0.277 e. The number of amides is 1. The number of carbonyl (C=O) groups is 1. The molecule has 2 aromatic carbocycles. The molecule has 0 spiro atoms. The summed E-state index contributed by atoms with van der Waals surface area (Å²) in [6, 6.07) is 11.7. The number of hydroxylamine groups is 1. The highest BCUT2D eigenvalue weighted by atomic mass is 35.5. The molecule has 0 bridgehead atoms. The van der Waals surface area contributed by atoms with E-state index in [1.54, 1.807) is 0 Å². The van der Waals surface area contributed by atoms with Crippen molar-refractivity contribution in [1.29, 1.82) is 0 Å². The summed E-state index contributed by atoms with van der Waals surface area (Å²) in [7, 11) is 1.40. The fraction of sp³-hybridized carbons (Fsp3) is 0.222. The lowest BCUT2D eigenvalue weighted by Gasteiger charge is -2.08. The lowest BCUT2D eigenvalue weighted by Crippen LogP contribution is -2.22. The highest BCUT2D eigenvalue weighted by molar-refractivity contribution is 6.31. The molecule has 5 nitrogen and oxygen atoms in total. The van der Waals surface area contributed by atoms with Gasteiger partial charge in [0.05, 0.1) is 19.2 Å². The van der Waals surface area contributed by atoms with E-state index in [0.29, 0.717) is 17.3 Å². The molecule has 124 valence electrons. The second kappa shape index (κ2) is 6.63. The van der Waals surface area contributed by atoms with Crippen LogP contribution in [0.3, 0.4) is 0 Å². The van der Waals surface area contributed by atoms with Crippen LogP contribution in [0.5, 0.6) is 0 Å². The molecule has 0 aliphatic rings. The van der Waals surface area contributed by atoms with Gasteiger partial charge in [0.25, 0.3) is 5.91 Å². The minimum atomic E-state index is -0.370. The molecule has 1 N–H and O–H groups in total. The van der Waals surface area contributed by atoms with E-state index in [1.165, 1.54) is 7.11 Å². The third-order valence-corrected chi connectivity index (χ3v) is 4.24. The molecule has 3 rings (SSSR count). The van der Waals surface area contributed by atoms with Crippen LogP contribution in [0.2, 0.25) is 5.02 Å². The standard InChI is InChI=1S/C18H18ClN3O2/c1-11-8-12(2)17-14(9-11)16(18(23)21-24-3)20-22(17)10-13-6-4-5-7-15(13)19/h4-9H,10H2,1-3H3,(H,21,23). The quantitative estimate of drug-likeness (QED) is 0.736. The first kappa shape index (κ1) is 16.5. The number of benzene rings is 2. The molecular weight excluding hydrogens is 326 g/mol. The first-order valence-corrected chi connectivity index (χ1v) is 7.93. The molecule has 3 aromatic rings. The number of aryl methyl sites for hydroxylation is 2. The van der Waals surface area contributed by atoms with Crippen molar-refractivity contribution in [2.24, 2.45) is 0 Å². The summed E-state index contributed by atoms with van der Waals surface area (Å²) in [5.74, 6) is -0.370. The van der Waals surface area contributed by atoms with Crippen molar-refractivity contribution in [2.75, 3.05) is 7.11 Å². The summed E-state index contributed by atoms with van der Waals surface area (Å²) in [5, 5.41) is 5.99. The van der Waals surface area contributed by atoms with Gasteiger partial charge < -0.3 is 0 Å². The maximum atomic E-state index is 12.3. The lowest BCUT2D eigenvalue weighted by molar-refractivity contribution is 0.0533. The van der Waals surface area contributed by atoms with E-state index in [0.717, 1.165) is 27.6 Å². The van der Waals surface area contributed by atoms with Crippen molar-refractivity contribution in [2.45, 2.75) is 20.4 Å². The number of hydrogen-bond acceptors (Lipinski definition) is 3. The molecular formula is C18H18ClN3O2. The molecule has 24 heavy (non-hydrogen) atoms. The number of fused-ring (bicyclic) bond motifs is 1. The second-order valence-electron chi connectivity index (χ2n) is 5.71. The van der Waals surface area contributed by atoms with E-state index in [1.807, 2.05) is 48.9 Å². The summed E-state index contributed by atoms with van der Waals surface area (Å²) in [6.45, 7) is 4.49. The number of halogens is 1. The van der Waals surface area contributed by atoms with Crippen molar-refractivity contribution >= 4 is 28.4 Å². The second-order valence-corrected chi connectivity index (χ2v) is 6.12. The van der Waals surface area contributed by atoms with E-state index in [9.17, 15) is 4.79 Å². The fourth-order valence-corrected chi connectivity index (χ4v) is 3.11. The van der Waals surface area contributed by atoms with E-state index >= 15 is 0 Å². The zero-order valence-corrected chi connectivity index (χ0v) is 14.5. The first-order chi connectivity index (χ1) is 11.5. The third-order valence-electron chi connectivity index (χ3n) is 3.87. The predicted molar refractivity (Wildman–Crippen MR) is 94.2 cm³/mol. The van der Waals surface area contributed by atoms with Gasteiger partial charge in [-0.2, -0.15) is 5.10 Å². The molecule has 0 saturated heterocycles. The molecule has 0 unspecified atom stereocenters. The van der Waals surface area contributed by atoms with Crippen molar-refractivity contribution in [3.8, 4) is 0 Å². The average Bonchev–Trinajstić information content (AvgIpc) is 2.88. The minimum absolute atomic E-state index is 0.339. The van der Waals surface area contributed by atoms with Gasteiger partial charge in [0.1, 0.15) is 0 Å². The molecule has 0 radical (unpaired) electrons. The van der Waals surface area contributed by atoms with E-state index in [2.05, 4.69) is 16.6 Å². The summed E-state index contributed by atoms with van der Waals surface area (Å²) in [6.07, 6.45) is 0. The number of carbonyl (C=O) groups excluding carboxylic acids is 1. The van der Waals surface area contributed by atoms with E-state index < -0.39 is 0 Å². The van der Waals surface area contributed by atoms with Crippen molar-refractivity contribution < 1.29 is 9.63 Å². The molecule has 0 atom stereocenters. The van der Waals surface area contributed by atoms with Crippen LogP contribution < -0.4 is 5.48 Å². The Morgan fingerprint density at radius 1 is 1.29 bits per heavy atom. The molecule has 0 fully saturated rings. The monoisotopic (exact) mass is 343 g/mol. The topological polar surface area (TPSA) is 56.1 Å². The van der Waals surface area contributed by atoms with Crippen LogP contribution in [0, 0.1) is 13.8 Å². The van der Waals surface area contributed by atoms with Gasteiger partial charge in [-0.1, -0.05) is 41.4 Å². The Kier molecular flexibility index (Phi) is 4.55. The van der Waals surface area contributed by atoms with Crippen molar-refractivity contribution in [3.63, 3.8) is 0 Å². The Bertz CT molecular complexity index is 918. The van der Waals surface area contributed by atoms with Crippen LogP contribution in [0.1, 0.15) is 27.2 Å². The van der Waals surface area contributed by atoms with Gasteiger partial charge in [-0.25, -0.2) is 5.48 Å². The Hall–Kier alpha value is -2.37. The average molecular weight is 344 g/mol. The highest BCUT2D eigenvalue weighted by Gasteiger charge is 2.19. The highest BCUT2D eigenvalue weighted by Crippen LogP contribution is 2.26. The van der Waals surface area contributed by atoms with Crippen molar-refractivity contribution in [1.82, 2.24) is 15.3 Å². The van der Waals surface area contributed by atoms with Gasteiger partial charge in [-0.15, -0.1) is 0 Å². The maximum Gasteiger partial charge on any atom is 0.295 e. The predicted octanol–water partition coefficient (Wildman–Crippen LogP) is 3.65. The van der Waals surface area contributed by atoms with Gasteiger partial charge in [-0.3, -0.25) is 14.3 Å². The Balaban J connectivity index is 2.17. The molecule has 1 aromatic heterocycles. The molecule has 6 heteroatoms. The Morgan fingerprint density at radius 2 is 2.04 bits per heavy atom. The van der Waals surface area contributed by atoms with E-state index in [-0.39, 0.29) is 5.91 Å². The maximum absolute atomic E-state index is 12.3. The van der Waals surface area contributed by atoms with Gasteiger partial charge in [-0.05, 0) is 37.1 Å². The zero-order valence-electron chi connectivity index (χ0n) is 13.8. The number of nitrogens with zero attached hydrogens (tertiary/aromatic N) is 2. The molecule has 0 aliphatic carbocycles. The first-order valence-electron chi connectivity index (χ1n) is 7.55. The Morgan fingerprint density at radius 3 is 2.75 bits per heavy atom. The number of aromatic nitrogens is 2. The summed E-state index contributed by atoms with van der Waals surface area (Å²) < 4.78 is 1.82. The molecule has 1 heterocycles. The van der Waals surface area contributed by atoms with Crippen LogP contribution in [0.4, 0.5) is 0 Å². The number of hydrogen-bond donors (Lipinski definition) is 1. The number of nitrogens with one attached hydrogen (secondary N) is 1. The van der Waals surface area contributed by atoms with Crippen LogP contribution in [0.15, 0.2) is 36.4 Å². The van der Waals surface area contributed by atoms with Crippen LogP contribution in [-0.2, 0) is 11.4 Å². The number of rotatable bonds is 4. The van der Waals surface area contributed by atoms with Gasteiger partial charge >= 0.3 is 0 Å². The fourth-order valence-electron chi connectivity index (χ4n) is 2.92. The van der Waals surface area contributed by atoms with Gasteiger partial charge in [0.15, 0.2) is 5.69 Å². The summed E-state index contributed by atoms with van der Waals surface area (Å²) >= 11 is 6.27. The summed E-state index contributed by atoms with van der Waals surface area (Å²) in [5.41, 5.74) is 6.67.